The van der Waals surface area contributed by atoms with E-state index in [1.165, 1.54) is 6.42 Å². The highest BCUT2D eigenvalue weighted by Crippen LogP contribution is 2.16. The van der Waals surface area contributed by atoms with E-state index in [9.17, 15) is 4.79 Å². The molecule has 2 atom stereocenters. The van der Waals surface area contributed by atoms with Gasteiger partial charge in [-0.15, -0.1) is 0 Å². The van der Waals surface area contributed by atoms with Gasteiger partial charge in [-0.3, -0.25) is 4.79 Å². The molecule has 15 heavy (non-hydrogen) atoms. The second-order valence-corrected chi connectivity index (χ2v) is 4.18. The maximum Gasteiger partial charge on any atom is 0.220 e. The first-order valence-corrected chi connectivity index (χ1v) is 5.74. The van der Waals surface area contributed by atoms with E-state index >= 15 is 0 Å². The topological polar surface area (TPSA) is 58.6 Å². The van der Waals surface area contributed by atoms with Gasteiger partial charge in [0.15, 0.2) is 0 Å². The predicted octanol–water partition coefficient (Wildman–Crippen LogP) is 0.833. The van der Waals surface area contributed by atoms with Gasteiger partial charge in [0.05, 0.1) is 12.7 Å². The Labute approximate surface area is 91.0 Å². The van der Waals surface area contributed by atoms with E-state index in [1.54, 1.807) is 6.92 Å². The van der Waals surface area contributed by atoms with Crippen LogP contribution >= 0.6 is 0 Å². The van der Waals surface area contributed by atoms with Crippen LogP contribution in [0.3, 0.4) is 0 Å². The molecule has 1 heterocycles. The zero-order chi connectivity index (χ0) is 11.1. The van der Waals surface area contributed by atoms with Crippen molar-refractivity contribution in [1.29, 1.82) is 0 Å². The van der Waals surface area contributed by atoms with Gasteiger partial charge in [-0.2, -0.15) is 0 Å². The van der Waals surface area contributed by atoms with Crippen molar-refractivity contribution in [2.24, 2.45) is 0 Å². The smallest absolute Gasteiger partial charge is 0.220 e. The number of ether oxygens (including phenoxy) is 1. The second kappa shape index (κ2) is 6.80. The highest BCUT2D eigenvalue weighted by molar-refractivity contribution is 5.76. The molecule has 0 aromatic rings. The van der Waals surface area contributed by atoms with Crippen LogP contribution in [0.2, 0.25) is 0 Å². The van der Waals surface area contributed by atoms with Crippen LogP contribution < -0.4 is 5.32 Å². The molecule has 1 saturated heterocycles. The number of hydrogen-bond acceptors (Lipinski definition) is 3. The van der Waals surface area contributed by atoms with Gasteiger partial charge in [0.2, 0.25) is 5.91 Å². The van der Waals surface area contributed by atoms with E-state index in [2.05, 4.69) is 5.32 Å². The molecular weight excluding hydrogens is 194 g/mol. The Kier molecular flexibility index (Phi) is 5.65. The molecule has 1 amide bonds. The van der Waals surface area contributed by atoms with Gasteiger partial charge in [0.25, 0.3) is 0 Å². The largest absolute Gasteiger partial charge is 0.394 e. The molecule has 0 aromatic carbocycles. The van der Waals surface area contributed by atoms with Crippen LogP contribution in [0.4, 0.5) is 0 Å². The van der Waals surface area contributed by atoms with Gasteiger partial charge in [0, 0.05) is 19.1 Å². The number of carbonyl (C=O) groups is 1. The van der Waals surface area contributed by atoms with Crippen molar-refractivity contribution in [3.8, 4) is 0 Å². The first kappa shape index (κ1) is 12.5. The number of carbonyl (C=O) groups excluding carboxylic acids is 1. The van der Waals surface area contributed by atoms with E-state index in [-0.39, 0.29) is 24.7 Å². The number of aliphatic hydroxyl groups excluding tert-OH is 1. The molecule has 0 aromatic heterocycles. The lowest BCUT2D eigenvalue weighted by atomic mass is 10.0. The van der Waals surface area contributed by atoms with Gasteiger partial charge in [-0.25, -0.2) is 0 Å². The van der Waals surface area contributed by atoms with E-state index in [0.29, 0.717) is 6.42 Å². The fraction of sp³-hybridized carbons (Fsp3) is 0.909. The van der Waals surface area contributed by atoms with Gasteiger partial charge >= 0.3 is 0 Å². The molecule has 0 spiro atoms. The summed E-state index contributed by atoms with van der Waals surface area (Å²) in [4.78, 5) is 11.4. The molecule has 1 rings (SSSR count). The van der Waals surface area contributed by atoms with Gasteiger partial charge in [-0.05, 0) is 32.6 Å². The molecule has 1 aliphatic rings. The number of rotatable bonds is 5. The summed E-state index contributed by atoms with van der Waals surface area (Å²) in [6.45, 7) is 2.61. The zero-order valence-corrected chi connectivity index (χ0v) is 9.37. The molecule has 1 fully saturated rings. The van der Waals surface area contributed by atoms with Gasteiger partial charge in [-0.1, -0.05) is 0 Å². The van der Waals surface area contributed by atoms with Crippen molar-refractivity contribution in [2.45, 2.75) is 51.2 Å². The average molecular weight is 215 g/mol. The third-order valence-electron chi connectivity index (χ3n) is 2.65. The summed E-state index contributed by atoms with van der Waals surface area (Å²) in [5, 5.41) is 11.5. The minimum Gasteiger partial charge on any atom is -0.394 e. The van der Waals surface area contributed by atoms with E-state index in [4.69, 9.17) is 9.84 Å². The molecule has 2 N–H and O–H groups in total. The molecule has 0 aliphatic carbocycles. The number of hydrogen-bond donors (Lipinski definition) is 2. The highest BCUT2D eigenvalue weighted by atomic mass is 16.5. The molecular formula is C11H21NO3. The molecule has 0 bridgehead atoms. The maximum atomic E-state index is 11.4. The van der Waals surface area contributed by atoms with E-state index < -0.39 is 0 Å². The van der Waals surface area contributed by atoms with Crippen LogP contribution in [0.25, 0.3) is 0 Å². The van der Waals surface area contributed by atoms with Crippen molar-refractivity contribution in [2.75, 3.05) is 13.2 Å². The quantitative estimate of drug-likeness (QED) is 0.714. The van der Waals surface area contributed by atoms with Crippen molar-refractivity contribution in [3.63, 3.8) is 0 Å². The lowest BCUT2D eigenvalue weighted by molar-refractivity contribution is -0.123. The van der Waals surface area contributed by atoms with Crippen molar-refractivity contribution in [1.82, 2.24) is 5.32 Å². The fourth-order valence-corrected chi connectivity index (χ4v) is 1.72. The Bertz CT molecular complexity index is 190. The van der Waals surface area contributed by atoms with Crippen LogP contribution in [0.15, 0.2) is 0 Å². The van der Waals surface area contributed by atoms with E-state index in [1.807, 2.05) is 0 Å². The van der Waals surface area contributed by atoms with Crippen molar-refractivity contribution < 1.29 is 14.6 Å². The van der Waals surface area contributed by atoms with Crippen molar-refractivity contribution >= 4 is 5.91 Å². The Morgan fingerprint density at radius 2 is 2.40 bits per heavy atom. The molecule has 88 valence electrons. The van der Waals surface area contributed by atoms with E-state index in [0.717, 1.165) is 25.9 Å². The van der Waals surface area contributed by atoms with Crippen LogP contribution in [0.5, 0.6) is 0 Å². The Hall–Kier alpha value is -0.610. The first-order valence-electron chi connectivity index (χ1n) is 5.74. The third-order valence-corrected chi connectivity index (χ3v) is 2.65. The summed E-state index contributed by atoms with van der Waals surface area (Å²) in [7, 11) is 0. The summed E-state index contributed by atoms with van der Waals surface area (Å²) in [6.07, 6.45) is 4.97. The summed E-state index contributed by atoms with van der Waals surface area (Å²) >= 11 is 0. The lowest BCUT2D eigenvalue weighted by Crippen LogP contribution is -2.35. The Morgan fingerprint density at radius 1 is 1.60 bits per heavy atom. The van der Waals surface area contributed by atoms with Crippen molar-refractivity contribution in [3.05, 3.63) is 0 Å². The maximum absolute atomic E-state index is 11.4. The summed E-state index contributed by atoms with van der Waals surface area (Å²) in [5.74, 6) is 0.00530. The Morgan fingerprint density at radius 3 is 3.00 bits per heavy atom. The molecule has 4 nitrogen and oxygen atoms in total. The first-order chi connectivity index (χ1) is 7.22. The molecule has 0 radical (unpaired) electrons. The van der Waals surface area contributed by atoms with Gasteiger partial charge < -0.3 is 15.2 Å². The summed E-state index contributed by atoms with van der Waals surface area (Å²) in [6, 6.07) is -0.148. The molecule has 0 saturated carbocycles. The lowest BCUT2D eigenvalue weighted by Gasteiger charge is -2.22. The molecule has 4 heteroatoms. The van der Waals surface area contributed by atoms with Crippen LogP contribution in [0.1, 0.15) is 39.0 Å². The van der Waals surface area contributed by atoms with Crippen LogP contribution in [0, 0.1) is 0 Å². The Balaban J connectivity index is 2.10. The predicted molar refractivity (Wildman–Crippen MR) is 57.5 cm³/mol. The normalized spacial score (nSPS) is 23.5. The number of amides is 1. The minimum absolute atomic E-state index is 0.00530. The minimum atomic E-state index is -0.148. The zero-order valence-electron chi connectivity index (χ0n) is 9.37. The van der Waals surface area contributed by atoms with Crippen LogP contribution in [-0.4, -0.2) is 36.4 Å². The average Bonchev–Trinajstić information content (AvgIpc) is 2.27. The van der Waals surface area contributed by atoms with Crippen LogP contribution in [-0.2, 0) is 9.53 Å². The third kappa shape index (κ3) is 5.14. The number of nitrogens with one attached hydrogen (secondary N) is 1. The fourth-order valence-electron chi connectivity index (χ4n) is 1.72. The SMILES string of the molecule is CC(CO)NC(=O)CCC1CCCCO1. The highest BCUT2D eigenvalue weighted by Gasteiger charge is 2.15. The second-order valence-electron chi connectivity index (χ2n) is 4.18. The summed E-state index contributed by atoms with van der Waals surface area (Å²) in [5.41, 5.74) is 0. The standard InChI is InChI=1S/C11H21NO3/c1-9(8-13)12-11(14)6-5-10-4-2-3-7-15-10/h9-10,13H,2-8H2,1H3,(H,12,14). The molecule has 1 aliphatic heterocycles. The summed E-state index contributed by atoms with van der Waals surface area (Å²) < 4.78 is 5.53. The molecule has 2 unspecified atom stereocenters. The van der Waals surface area contributed by atoms with Gasteiger partial charge in [0.1, 0.15) is 0 Å². The monoisotopic (exact) mass is 215 g/mol. The number of aliphatic hydroxyl groups is 1.